The molecule has 1 saturated carbocycles. The second-order valence-electron chi connectivity index (χ2n) is 9.97. The molecule has 1 amide bonds. The number of rotatable bonds is 8. The summed E-state index contributed by atoms with van der Waals surface area (Å²) in [5.41, 5.74) is 3.64. The Balaban J connectivity index is 1.61. The Kier molecular flexibility index (Phi) is 7.13. The lowest BCUT2D eigenvalue weighted by atomic mass is 9.79. The van der Waals surface area contributed by atoms with Crippen molar-refractivity contribution in [3.8, 4) is 16.9 Å². The molecule has 1 aliphatic carbocycles. The van der Waals surface area contributed by atoms with Gasteiger partial charge in [0.2, 0.25) is 0 Å². The minimum Gasteiger partial charge on any atom is -0.507 e. The Bertz CT molecular complexity index is 1190. The standard InChI is InChI=1S/C31H36N2O3/c1-3-33(4-2)30(35)25-15-17-26(18-16-25)31(22-32(19-20-36-31)21-23-13-14-23)27-11-8-12-28(34)29(27)24-9-6-5-7-10-24/h5-12,15-18,23,34H,3-4,13-14,19-22H2,1-2H3. The average Bonchev–Trinajstić information content (AvgIpc) is 3.74. The number of aromatic hydroxyl groups is 1. The topological polar surface area (TPSA) is 53.0 Å². The highest BCUT2D eigenvalue weighted by molar-refractivity contribution is 5.94. The van der Waals surface area contributed by atoms with Gasteiger partial charge in [0.05, 0.1) is 6.61 Å². The monoisotopic (exact) mass is 484 g/mol. The number of hydrogen-bond acceptors (Lipinski definition) is 4. The molecule has 36 heavy (non-hydrogen) atoms. The van der Waals surface area contributed by atoms with E-state index in [-0.39, 0.29) is 11.7 Å². The molecule has 1 atom stereocenters. The summed E-state index contributed by atoms with van der Waals surface area (Å²) in [4.78, 5) is 17.3. The Morgan fingerprint density at radius 1 is 1.00 bits per heavy atom. The molecule has 5 rings (SSSR count). The molecule has 0 spiro atoms. The summed E-state index contributed by atoms with van der Waals surface area (Å²) in [6.07, 6.45) is 2.60. The zero-order chi connectivity index (χ0) is 25.1. The molecule has 1 saturated heterocycles. The maximum absolute atomic E-state index is 13.0. The lowest BCUT2D eigenvalue weighted by molar-refractivity contribution is -0.0889. The number of phenolic OH excluding ortho intramolecular Hbond substituents is 1. The number of phenols is 1. The third kappa shape index (κ3) is 4.78. The van der Waals surface area contributed by atoms with E-state index in [1.807, 2.05) is 79.4 Å². The van der Waals surface area contributed by atoms with Gasteiger partial charge in [0.15, 0.2) is 0 Å². The van der Waals surface area contributed by atoms with Crippen molar-refractivity contribution in [2.45, 2.75) is 32.3 Å². The van der Waals surface area contributed by atoms with Crippen molar-refractivity contribution in [2.75, 3.05) is 39.3 Å². The van der Waals surface area contributed by atoms with Crippen molar-refractivity contribution in [3.63, 3.8) is 0 Å². The molecular formula is C31H36N2O3. The first kappa shape index (κ1) is 24.5. The highest BCUT2D eigenvalue weighted by Crippen LogP contribution is 2.45. The summed E-state index contributed by atoms with van der Waals surface area (Å²) in [7, 11) is 0. The van der Waals surface area contributed by atoms with E-state index in [9.17, 15) is 9.90 Å². The number of carbonyl (C=O) groups excluding carboxylic acids is 1. The van der Waals surface area contributed by atoms with Crippen LogP contribution in [-0.2, 0) is 10.3 Å². The Hall–Kier alpha value is -3.15. The zero-order valence-corrected chi connectivity index (χ0v) is 21.3. The van der Waals surface area contributed by atoms with Crippen molar-refractivity contribution in [1.82, 2.24) is 9.80 Å². The lowest BCUT2D eigenvalue weighted by Crippen LogP contribution is -2.51. The van der Waals surface area contributed by atoms with Gasteiger partial charge < -0.3 is 14.7 Å². The minimum atomic E-state index is -0.756. The Morgan fingerprint density at radius 3 is 2.39 bits per heavy atom. The van der Waals surface area contributed by atoms with E-state index in [1.165, 1.54) is 12.8 Å². The first-order valence-electron chi connectivity index (χ1n) is 13.2. The molecule has 0 radical (unpaired) electrons. The van der Waals surface area contributed by atoms with Gasteiger partial charge in [-0.15, -0.1) is 0 Å². The van der Waals surface area contributed by atoms with Gasteiger partial charge in [0.1, 0.15) is 11.4 Å². The zero-order valence-electron chi connectivity index (χ0n) is 21.3. The molecule has 1 N–H and O–H groups in total. The summed E-state index contributed by atoms with van der Waals surface area (Å²) in [5, 5.41) is 11.1. The Morgan fingerprint density at radius 2 is 1.72 bits per heavy atom. The van der Waals surface area contributed by atoms with E-state index in [0.29, 0.717) is 31.8 Å². The molecule has 5 nitrogen and oxygen atoms in total. The molecule has 0 bridgehead atoms. The molecule has 1 aliphatic heterocycles. The van der Waals surface area contributed by atoms with Crippen molar-refractivity contribution >= 4 is 5.91 Å². The number of ether oxygens (including phenoxy) is 1. The summed E-state index contributed by atoms with van der Waals surface area (Å²) in [6.45, 7) is 8.66. The van der Waals surface area contributed by atoms with Crippen molar-refractivity contribution < 1.29 is 14.6 Å². The fraction of sp³-hybridized carbons (Fsp3) is 0.387. The van der Waals surface area contributed by atoms with E-state index in [4.69, 9.17) is 4.74 Å². The predicted molar refractivity (Wildman–Crippen MR) is 143 cm³/mol. The van der Waals surface area contributed by atoms with E-state index in [1.54, 1.807) is 6.07 Å². The van der Waals surface area contributed by atoms with Gasteiger partial charge in [0, 0.05) is 49.4 Å². The van der Waals surface area contributed by atoms with E-state index in [2.05, 4.69) is 11.0 Å². The van der Waals surface area contributed by atoms with Crippen molar-refractivity contribution in [2.24, 2.45) is 5.92 Å². The van der Waals surface area contributed by atoms with Gasteiger partial charge in [-0.05, 0) is 61.9 Å². The molecule has 3 aromatic rings. The summed E-state index contributed by atoms with van der Waals surface area (Å²) in [6, 6.07) is 23.7. The van der Waals surface area contributed by atoms with Crippen LogP contribution in [0.4, 0.5) is 0 Å². The van der Waals surface area contributed by atoms with Crippen LogP contribution in [0.5, 0.6) is 5.75 Å². The van der Waals surface area contributed by atoms with Gasteiger partial charge in [-0.2, -0.15) is 0 Å². The van der Waals surface area contributed by atoms with E-state index in [0.717, 1.165) is 41.3 Å². The van der Waals surface area contributed by atoms with Crippen LogP contribution in [0.1, 0.15) is 48.2 Å². The largest absolute Gasteiger partial charge is 0.507 e. The minimum absolute atomic E-state index is 0.0443. The average molecular weight is 485 g/mol. The number of amides is 1. The van der Waals surface area contributed by atoms with Gasteiger partial charge in [0.25, 0.3) is 5.91 Å². The number of carbonyl (C=O) groups is 1. The number of benzene rings is 3. The highest BCUT2D eigenvalue weighted by Gasteiger charge is 2.43. The van der Waals surface area contributed by atoms with Gasteiger partial charge in [-0.25, -0.2) is 0 Å². The van der Waals surface area contributed by atoms with Crippen LogP contribution in [0.3, 0.4) is 0 Å². The summed E-state index contributed by atoms with van der Waals surface area (Å²) >= 11 is 0. The molecule has 2 aliphatic rings. The van der Waals surface area contributed by atoms with Crippen molar-refractivity contribution in [1.29, 1.82) is 0 Å². The molecule has 1 heterocycles. The summed E-state index contributed by atoms with van der Waals surface area (Å²) in [5.74, 6) is 1.06. The smallest absolute Gasteiger partial charge is 0.253 e. The third-order valence-corrected chi connectivity index (χ3v) is 7.60. The summed E-state index contributed by atoms with van der Waals surface area (Å²) < 4.78 is 6.73. The van der Waals surface area contributed by atoms with Crippen LogP contribution in [0, 0.1) is 5.92 Å². The van der Waals surface area contributed by atoms with Crippen LogP contribution in [-0.4, -0.2) is 60.1 Å². The molecule has 3 aromatic carbocycles. The first-order chi connectivity index (χ1) is 17.6. The lowest BCUT2D eigenvalue weighted by Gasteiger charge is -2.44. The Labute approximate surface area is 214 Å². The quantitative estimate of drug-likeness (QED) is 0.457. The van der Waals surface area contributed by atoms with Crippen LogP contribution in [0.2, 0.25) is 0 Å². The third-order valence-electron chi connectivity index (χ3n) is 7.60. The molecule has 1 unspecified atom stereocenters. The maximum Gasteiger partial charge on any atom is 0.253 e. The van der Waals surface area contributed by atoms with Gasteiger partial charge >= 0.3 is 0 Å². The SMILES string of the molecule is CCN(CC)C(=O)c1ccc(C2(c3cccc(O)c3-c3ccccc3)CN(CC3CC3)CCO2)cc1. The molecule has 0 aromatic heterocycles. The predicted octanol–water partition coefficient (Wildman–Crippen LogP) is 5.53. The number of morpholine rings is 1. The second-order valence-corrected chi connectivity index (χ2v) is 9.97. The van der Waals surface area contributed by atoms with Crippen LogP contribution < -0.4 is 0 Å². The van der Waals surface area contributed by atoms with Crippen molar-refractivity contribution in [3.05, 3.63) is 89.5 Å². The highest BCUT2D eigenvalue weighted by atomic mass is 16.5. The van der Waals surface area contributed by atoms with Crippen LogP contribution in [0.15, 0.2) is 72.8 Å². The van der Waals surface area contributed by atoms with E-state index >= 15 is 0 Å². The molecule has 5 heteroatoms. The molecular weight excluding hydrogens is 448 g/mol. The first-order valence-corrected chi connectivity index (χ1v) is 13.2. The maximum atomic E-state index is 13.0. The number of nitrogens with zero attached hydrogens (tertiary/aromatic N) is 2. The van der Waals surface area contributed by atoms with Gasteiger partial charge in [-0.1, -0.05) is 54.6 Å². The molecule has 188 valence electrons. The number of hydrogen-bond donors (Lipinski definition) is 1. The van der Waals surface area contributed by atoms with Crippen LogP contribution >= 0.6 is 0 Å². The molecule has 2 fully saturated rings. The van der Waals surface area contributed by atoms with E-state index < -0.39 is 5.60 Å². The van der Waals surface area contributed by atoms with Crippen LogP contribution in [0.25, 0.3) is 11.1 Å². The normalized spacial score (nSPS) is 20.3. The fourth-order valence-corrected chi connectivity index (χ4v) is 5.46. The fourth-order valence-electron chi connectivity index (χ4n) is 5.46. The second kappa shape index (κ2) is 10.5. The van der Waals surface area contributed by atoms with Gasteiger partial charge in [-0.3, -0.25) is 9.69 Å².